The number of anilines is 5. The van der Waals surface area contributed by atoms with Crippen molar-refractivity contribution in [2.45, 2.75) is 205 Å². The average molecular weight is 1670 g/mol. The summed E-state index contributed by atoms with van der Waals surface area (Å²) in [6.45, 7) is 26.8. The molecule has 2 fully saturated rings. The molecule has 10 heteroatoms. The van der Waals surface area contributed by atoms with E-state index in [-0.39, 0.29) is 42.5 Å². The van der Waals surface area contributed by atoms with Crippen molar-refractivity contribution in [2.75, 3.05) is 24.5 Å². The van der Waals surface area contributed by atoms with Gasteiger partial charge in [0, 0.05) is 81.4 Å². The molecule has 5 aliphatic heterocycles. The van der Waals surface area contributed by atoms with Crippen molar-refractivity contribution in [3.63, 3.8) is 0 Å². The fraction of sp³-hybridized carbons (Fsp3) is 0.303. The Morgan fingerprint density at radius 2 is 0.420 bits per heavy atom. The van der Waals surface area contributed by atoms with Gasteiger partial charge in [-0.05, 0) is 212 Å². The molecular weight excluding hydrogens is 1540 g/mol. The second kappa shape index (κ2) is 44.4. The van der Waals surface area contributed by atoms with Gasteiger partial charge in [0.25, 0.3) is 0 Å². The Balaban J connectivity index is 0.000000168. The van der Waals surface area contributed by atoms with E-state index in [0.717, 1.165) is 11.8 Å². The van der Waals surface area contributed by atoms with Crippen LogP contribution < -0.4 is 24.5 Å². The Bertz CT molecular complexity index is 5090. The van der Waals surface area contributed by atoms with Gasteiger partial charge in [-0.25, -0.2) is 0 Å². The molecule has 2 saturated carbocycles. The third-order valence-corrected chi connectivity index (χ3v) is 30.7. The number of para-hydroxylation sites is 5. The Hall–Kier alpha value is -9.13. The maximum absolute atomic E-state index is 2.58. The van der Waals surface area contributed by atoms with Gasteiger partial charge in [0.05, 0.1) is 0 Å². The molecule has 11 aromatic carbocycles. The highest BCUT2D eigenvalue weighted by Crippen LogP contribution is 2.59. The Morgan fingerprint density at radius 3 is 0.689 bits per heavy atom. The van der Waals surface area contributed by atoms with E-state index in [1.165, 1.54) is 191 Å². The number of allylic oxidation sites excluding steroid dienone is 9. The van der Waals surface area contributed by atoms with Crippen molar-refractivity contribution in [1.29, 1.82) is 0 Å². The van der Waals surface area contributed by atoms with E-state index in [1.54, 1.807) is 9.81 Å². The van der Waals surface area contributed by atoms with Crippen LogP contribution in [-0.4, -0.2) is 0 Å². The van der Waals surface area contributed by atoms with E-state index in [4.69, 9.17) is 0 Å². The molecule has 0 radical (unpaired) electrons. The van der Waals surface area contributed by atoms with Crippen molar-refractivity contribution in [2.24, 2.45) is 11.8 Å². The number of hydrogen-bond donors (Lipinski definition) is 0. The van der Waals surface area contributed by atoms with Gasteiger partial charge in [0.1, 0.15) is 26.9 Å². The van der Waals surface area contributed by atoms with Crippen LogP contribution in [0.3, 0.4) is 0 Å². The first-order valence-electron chi connectivity index (χ1n) is 41.0. The van der Waals surface area contributed by atoms with Crippen LogP contribution in [0.4, 0.5) is 28.4 Å². The van der Waals surface area contributed by atoms with E-state index >= 15 is 0 Å². The van der Waals surface area contributed by atoms with Crippen LogP contribution in [-0.2, 0) is 0 Å². The molecule has 0 spiro atoms. The number of nitrogens with zero attached hydrogens (tertiary/aromatic N) is 5. The Kier molecular flexibility index (Phi) is 35.0. The van der Waals surface area contributed by atoms with Crippen LogP contribution in [0.2, 0.25) is 0 Å². The number of aryl methyl sites for hydroxylation is 5. The average Bonchev–Trinajstić information content (AvgIpc) is 1.63. The largest absolute Gasteiger partial charge is 0.327 e. The van der Waals surface area contributed by atoms with Gasteiger partial charge in [-0.2, -0.15) is 0 Å². The first kappa shape index (κ1) is 93.7. The molecule has 0 bridgehead atoms. The van der Waals surface area contributed by atoms with Crippen LogP contribution in [0.5, 0.6) is 0 Å². The predicted molar refractivity (Wildman–Crippen MR) is 536 cm³/mol. The topological polar surface area (TPSA) is 16.2 Å². The molecule has 18 rings (SSSR count). The predicted octanol–water partition coefficient (Wildman–Crippen LogP) is 34.5. The van der Waals surface area contributed by atoms with Crippen LogP contribution >= 0.6 is 58.8 Å². The molecule has 5 atom stereocenters. The first-order valence-corrected chi connectivity index (χ1v) is 45.4. The standard InChI is InChI=1S/C23H27NS.C23H21NS.C22H25NS.2C18H19NS.5CH4/c2*1-17-11-9-10-16-21(17)24-18(2)22(19-12-5-3-6-13-19)25-23(24)20-14-7-4-8-15-20;1-16-10-6-9-15-20(16)23-17(2)21(18-11-7-8-12-18)24-22(23)19-13-4-3-5-14-19;2*1-13-9-7-8-12-17(13)19-14(2)15(3)20-18(19)16-10-5-4-6-11-16;;;;;/h4,7-11,14-16,19,23H,3,5-6,12-13H2,1-2H3;3-16,23H,1-2H3;3-6,9-10,13-15,18,22H,7-8,11-12H2,1-2H3;2*4-12,18H,1-3H3;5*1H4. The van der Waals surface area contributed by atoms with Gasteiger partial charge in [-0.1, -0.05) is 401 Å². The number of rotatable bonds is 13. The zero-order valence-electron chi connectivity index (χ0n) is 68.6. The molecule has 2 aliphatic carbocycles. The lowest BCUT2D eigenvalue weighted by atomic mass is 9.88. The molecule has 0 amide bonds. The minimum atomic E-state index is 0. The van der Waals surface area contributed by atoms with E-state index in [0.29, 0.717) is 21.5 Å². The Labute approximate surface area is 740 Å². The fourth-order valence-corrected chi connectivity index (χ4v) is 24.2. The van der Waals surface area contributed by atoms with Crippen molar-refractivity contribution < 1.29 is 0 Å². The van der Waals surface area contributed by atoms with Crippen LogP contribution in [0.15, 0.2) is 351 Å². The summed E-state index contributed by atoms with van der Waals surface area (Å²) in [6, 6.07) is 108. The summed E-state index contributed by atoms with van der Waals surface area (Å²) in [7, 11) is 0. The van der Waals surface area contributed by atoms with E-state index in [1.807, 2.05) is 35.3 Å². The minimum absolute atomic E-state index is 0. The van der Waals surface area contributed by atoms with Crippen LogP contribution in [0.1, 0.15) is 231 Å². The third kappa shape index (κ3) is 21.4. The number of thioether (sulfide) groups is 5. The molecular formula is C109H131N5S5. The number of hydrogen-bond acceptors (Lipinski definition) is 10. The summed E-state index contributed by atoms with van der Waals surface area (Å²) in [5, 5.41) is 1.68. The highest BCUT2D eigenvalue weighted by atomic mass is 32.2. The second-order valence-electron chi connectivity index (χ2n) is 31.0. The second-order valence-corrected chi connectivity index (χ2v) is 36.9. The highest BCUT2D eigenvalue weighted by molar-refractivity contribution is 8.09. The molecule has 5 unspecified atom stereocenters. The lowest BCUT2D eigenvalue weighted by Gasteiger charge is -2.29. The van der Waals surface area contributed by atoms with Gasteiger partial charge in [-0.15, -0.1) is 0 Å². The summed E-state index contributed by atoms with van der Waals surface area (Å²) >= 11 is 10.0. The monoisotopic (exact) mass is 1670 g/mol. The molecule has 5 nitrogen and oxygen atoms in total. The molecule has 0 N–H and O–H groups in total. The zero-order valence-corrected chi connectivity index (χ0v) is 72.6. The lowest BCUT2D eigenvalue weighted by Crippen LogP contribution is -2.21. The maximum atomic E-state index is 2.58. The minimum Gasteiger partial charge on any atom is -0.327 e. The van der Waals surface area contributed by atoms with Crippen LogP contribution in [0, 0.1) is 46.5 Å². The van der Waals surface area contributed by atoms with Gasteiger partial charge in [0.2, 0.25) is 0 Å². The van der Waals surface area contributed by atoms with Crippen molar-refractivity contribution in [1.82, 2.24) is 0 Å². The molecule has 5 heterocycles. The summed E-state index contributed by atoms with van der Waals surface area (Å²) in [4.78, 5) is 20.0. The molecule has 0 saturated heterocycles. The van der Waals surface area contributed by atoms with Gasteiger partial charge in [-0.3, -0.25) is 0 Å². The van der Waals surface area contributed by atoms with E-state index in [2.05, 4.69) is 434 Å². The lowest BCUT2D eigenvalue weighted by molar-refractivity contribution is 0.413. The van der Waals surface area contributed by atoms with E-state index < -0.39 is 0 Å². The van der Waals surface area contributed by atoms with Gasteiger partial charge >= 0.3 is 0 Å². The quantitative estimate of drug-likeness (QED) is 0.110. The summed E-state index contributed by atoms with van der Waals surface area (Å²) in [5.41, 5.74) is 28.4. The van der Waals surface area contributed by atoms with E-state index in [9.17, 15) is 0 Å². The summed E-state index contributed by atoms with van der Waals surface area (Å²) < 4.78 is 0. The fourth-order valence-electron chi connectivity index (χ4n) is 17.0. The van der Waals surface area contributed by atoms with Crippen molar-refractivity contribution in [3.8, 4) is 0 Å². The first-order chi connectivity index (χ1) is 55.6. The molecule has 119 heavy (non-hydrogen) atoms. The Morgan fingerprint density at radius 1 is 0.210 bits per heavy atom. The van der Waals surface area contributed by atoms with Gasteiger partial charge in [0.15, 0.2) is 0 Å². The summed E-state index contributed by atoms with van der Waals surface area (Å²) in [6.07, 6.45) is 12.4. The number of benzene rings is 11. The molecule has 622 valence electrons. The van der Waals surface area contributed by atoms with Crippen molar-refractivity contribution >= 4 is 92.2 Å². The maximum Gasteiger partial charge on any atom is 0.110 e. The third-order valence-electron chi connectivity index (χ3n) is 23.4. The van der Waals surface area contributed by atoms with Gasteiger partial charge < -0.3 is 24.5 Å². The highest BCUT2D eigenvalue weighted by Gasteiger charge is 2.40. The molecule has 11 aromatic rings. The smallest absolute Gasteiger partial charge is 0.110 e. The van der Waals surface area contributed by atoms with Crippen LogP contribution in [0.25, 0.3) is 4.91 Å². The zero-order chi connectivity index (χ0) is 79.2. The SMILES string of the molecule is C.C.C.C.C.CC1=C(C)N(c2ccccc2C)C(c2ccccc2)S1.CC1=C(C)N(c2ccccc2C)C(c2ccccc2)S1.CC1=C(C2CCCC2)SC(c2ccccc2)N1c1ccccc1C.CC1=C(C2CCCCC2)SC(c2ccccc2)N1c1ccccc1C.CC1=C(c2ccccc2)SC(c2ccccc2)N1c1ccccc1C. The normalized spacial score (nSPS) is 18.9. The molecule has 7 aliphatic rings. The summed E-state index contributed by atoms with van der Waals surface area (Å²) in [5.74, 6) is 1.54. The van der Waals surface area contributed by atoms with Crippen molar-refractivity contribution in [3.05, 3.63) is 413 Å². The molecule has 0 aromatic heterocycles.